The van der Waals surface area contributed by atoms with Crippen molar-refractivity contribution in [2.45, 2.75) is 62.9 Å². The fraction of sp³-hybridized carbons (Fsp3) is 0.867. The van der Waals surface area contributed by atoms with Crippen LogP contribution in [-0.2, 0) is 4.79 Å². The number of aliphatic hydroxyl groups excluding tert-OH is 1. The van der Waals surface area contributed by atoms with Gasteiger partial charge in [0.25, 0.3) is 0 Å². The average molecular weight is 279 g/mol. The van der Waals surface area contributed by atoms with Gasteiger partial charge in [-0.1, -0.05) is 25.7 Å². The molecule has 1 heterocycles. The van der Waals surface area contributed by atoms with Crippen molar-refractivity contribution in [3.63, 3.8) is 0 Å². The van der Waals surface area contributed by atoms with Gasteiger partial charge in [-0.2, -0.15) is 5.26 Å². The highest BCUT2D eigenvalue weighted by Crippen LogP contribution is 2.27. The maximum atomic E-state index is 12.2. The number of rotatable bonds is 4. The number of piperidine rings is 1. The number of hydrogen-bond donors (Lipinski definition) is 2. The van der Waals surface area contributed by atoms with Gasteiger partial charge >= 0.3 is 0 Å². The molecule has 0 radical (unpaired) electrons. The summed E-state index contributed by atoms with van der Waals surface area (Å²) in [5.41, 5.74) is -0.653. The van der Waals surface area contributed by atoms with E-state index in [1.807, 2.05) is 4.90 Å². The van der Waals surface area contributed by atoms with E-state index in [9.17, 15) is 15.2 Å². The van der Waals surface area contributed by atoms with Crippen molar-refractivity contribution >= 4 is 5.91 Å². The summed E-state index contributed by atoms with van der Waals surface area (Å²) in [5, 5.41) is 21.7. The quantitative estimate of drug-likeness (QED) is 0.810. The van der Waals surface area contributed by atoms with Gasteiger partial charge in [-0.15, -0.1) is 0 Å². The number of nitrogens with one attached hydrogen (secondary N) is 1. The molecular weight excluding hydrogens is 254 g/mol. The summed E-state index contributed by atoms with van der Waals surface area (Å²) in [7, 11) is 0. The van der Waals surface area contributed by atoms with E-state index < -0.39 is 5.54 Å². The maximum Gasteiger partial charge on any atom is 0.235 e. The Labute approximate surface area is 120 Å². The van der Waals surface area contributed by atoms with Gasteiger partial charge in [0.2, 0.25) is 5.91 Å². The molecule has 0 spiro atoms. The Hall–Kier alpha value is -1.12. The molecule has 1 saturated carbocycles. The van der Waals surface area contributed by atoms with Crippen LogP contribution in [0.4, 0.5) is 0 Å². The van der Waals surface area contributed by atoms with Crippen LogP contribution >= 0.6 is 0 Å². The number of carbonyl (C=O) groups excluding carboxylic acids is 1. The van der Waals surface area contributed by atoms with E-state index in [2.05, 4.69) is 11.4 Å². The summed E-state index contributed by atoms with van der Waals surface area (Å²) in [6.45, 7) is 1.27. The second kappa shape index (κ2) is 7.05. The van der Waals surface area contributed by atoms with Crippen LogP contribution in [0.2, 0.25) is 0 Å². The molecule has 1 unspecified atom stereocenters. The lowest BCUT2D eigenvalue weighted by atomic mass is 9.83. The highest BCUT2D eigenvalue weighted by Gasteiger charge is 2.34. The molecule has 0 aromatic carbocycles. The molecule has 1 atom stereocenters. The van der Waals surface area contributed by atoms with Crippen molar-refractivity contribution in [1.82, 2.24) is 10.2 Å². The number of amides is 1. The highest BCUT2D eigenvalue weighted by atomic mass is 16.3. The summed E-state index contributed by atoms with van der Waals surface area (Å²) in [5.74, 6) is -0.0752. The van der Waals surface area contributed by atoms with Gasteiger partial charge in [0.1, 0.15) is 5.54 Å². The Balaban J connectivity index is 1.89. The van der Waals surface area contributed by atoms with Crippen molar-refractivity contribution in [2.75, 3.05) is 19.7 Å². The number of aliphatic hydroxyl groups is 1. The first-order valence-electron chi connectivity index (χ1n) is 7.76. The number of hydrogen-bond acceptors (Lipinski definition) is 4. The van der Waals surface area contributed by atoms with Crippen LogP contribution in [0.25, 0.3) is 0 Å². The predicted octanol–water partition coefficient (Wildman–Crippen LogP) is 1.18. The monoisotopic (exact) mass is 279 g/mol. The summed E-state index contributed by atoms with van der Waals surface area (Å²) < 4.78 is 0. The highest BCUT2D eigenvalue weighted by molar-refractivity contribution is 5.79. The molecule has 0 aromatic rings. The number of nitriles is 1. The van der Waals surface area contributed by atoms with Gasteiger partial charge in [0, 0.05) is 6.04 Å². The molecule has 2 N–H and O–H groups in total. The second-order valence-electron chi connectivity index (χ2n) is 6.11. The van der Waals surface area contributed by atoms with E-state index in [1.54, 1.807) is 0 Å². The van der Waals surface area contributed by atoms with Crippen molar-refractivity contribution in [3.05, 3.63) is 0 Å². The van der Waals surface area contributed by atoms with Gasteiger partial charge in [0.15, 0.2) is 0 Å². The lowest BCUT2D eigenvalue weighted by molar-refractivity contribution is -0.125. The fourth-order valence-electron chi connectivity index (χ4n) is 3.39. The SMILES string of the molecule is N#CC1(NC(=O)CN2CCCCC2CO)CCCCC1. The van der Waals surface area contributed by atoms with Crippen LogP contribution in [0.3, 0.4) is 0 Å². The topological polar surface area (TPSA) is 76.4 Å². The third-order valence-electron chi connectivity index (χ3n) is 4.61. The Morgan fingerprint density at radius 2 is 2.05 bits per heavy atom. The number of carbonyl (C=O) groups is 1. The minimum atomic E-state index is -0.653. The van der Waals surface area contributed by atoms with E-state index in [1.165, 1.54) is 0 Å². The first-order chi connectivity index (χ1) is 9.69. The Bertz CT molecular complexity index is 372. The molecule has 0 bridgehead atoms. The third kappa shape index (κ3) is 3.71. The molecule has 1 saturated heterocycles. The van der Waals surface area contributed by atoms with Gasteiger partial charge in [0.05, 0.1) is 19.2 Å². The first-order valence-corrected chi connectivity index (χ1v) is 7.76. The zero-order valence-electron chi connectivity index (χ0n) is 12.1. The summed E-state index contributed by atoms with van der Waals surface area (Å²) in [4.78, 5) is 14.3. The molecule has 2 aliphatic rings. The Kier molecular flexibility index (Phi) is 5.38. The van der Waals surface area contributed by atoms with E-state index >= 15 is 0 Å². The lowest BCUT2D eigenvalue weighted by Gasteiger charge is -2.36. The van der Waals surface area contributed by atoms with Crippen LogP contribution in [-0.4, -0.2) is 47.2 Å². The largest absolute Gasteiger partial charge is 0.395 e. The van der Waals surface area contributed by atoms with E-state index in [0.29, 0.717) is 6.54 Å². The first kappa shape index (κ1) is 15.3. The van der Waals surface area contributed by atoms with Crippen LogP contribution in [0.1, 0.15) is 51.4 Å². The summed E-state index contributed by atoms with van der Waals surface area (Å²) in [6.07, 6.45) is 7.84. The van der Waals surface area contributed by atoms with Gasteiger partial charge in [-0.3, -0.25) is 9.69 Å². The van der Waals surface area contributed by atoms with Gasteiger partial charge in [-0.05, 0) is 32.2 Å². The molecule has 1 aliphatic heterocycles. The van der Waals surface area contributed by atoms with Crippen molar-refractivity contribution in [2.24, 2.45) is 0 Å². The van der Waals surface area contributed by atoms with Gasteiger partial charge < -0.3 is 10.4 Å². The molecule has 1 aliphatic carbocycles. The fourth-order valence-corrected chi connectivity index (χ4v) is 3.39. The van der Waals surface area contributed by atoms with Crippen molar-refractivity contribution in [1.29, 1.82) is 5.26 Å². The summed E-state index contributed by atoms with van der Waals surface area (Å²) >= 11 is 0. The van der Waals surface area contributed by atoms with Crippen molar-refractivity contribution < 1.29 is 9.90 Å². The second-order valence-corrected chi connectivity index (χ2v) is 6.11. The minimum Gasteiger partial charge on any atom is -0.395 e. The summed E-state index contributed by atoms with van der Waals surface area (Å²) in [6, 6.07) is 2.41. The predicted molar refractivity (Wildman–Crippen MR) is 75.9 cm³/mol. The smallest absolute Gasteiger partial charge is 0.235 e. The molecular formula is C15H25N3O2. The normalized spacial score (nSPS) is 26.7. The van der Waals surface area contributed by atoms with Crippen molar-refractivity contribution in [3.8, 4) is 6.07 Å². The van der Waals surface area contributed by atoms with E-state index in [-0.39, 0.29) is 18.6 Å². The van der Waals surface area contributed by atoms with E-state index in [0.717, 1.165) is 57.9 Å². The molecule has 5 nitrogen and oxygen atoms in total. The maximum absolute atomic E-state index is 12.2. The molecule has 0 aromatic heterocycles. The molecule has 2 rings (SSSR count). The van der Waals surface area contributed by atoms with Crippen LogP contribution in [0.5, 0.6) is 0 Å². The minimum absolute atomic E-state index is 0.0752. The lowest BCUT2D eigenvalue weighted by Crippen LogP contribution is -2.53. The third-order valence-corrected chi connectivity index (χ3v) is 4.61. The molecule has 2 fully saturated rings. The molecule has 112 valence electrons. The van der Waals surface area contributed by atoms with Crippen LogP contribution in [0, 0.1) is 11.3 Å². The molecule has 20 heavy (non-hydrogen) atoms. The van der Waals surface area contributed by atoms with E-state index in [4.69, 9.17) is 0 Å². The Morgan fingerprint density at radius 1 is 1.30 bits per heavy atom. The standard InChI is InChI=1S/C15H25N3O2/c16-12-15(7-3-1-4-8-15)17-14(20)10-18-9-5-2-6-13(18)11-19/h13,19H,1-11H2,(H,17,20). The zero-order valence-corrected chi connectivity index (χ0v) is 12.1. The molecule has 5 heteroatoms. The Morgan fingerprint density at radius 3 is 2.70 bits per heavy atom. The number of nitrogens with zero attached hydrogens (tertiary/aromatic N) is 2. The molecule has 1 amide bonds. The van der Waals surface area contributed by atoms with Crippen LogP contribution < -0.4 is 5.32 Å². The zero-order chi connectivity index (χ0) is 14.4. The number of likely N-dealkylation sites (tertiary alicyclic amines) is 1. The average Bonchev–Trinajstić information content (AvgIpc) is 2.48. The van der Waals surface area contributed by atoms with Crippen LogP contribution in [0.15, 0.2) is 0 Å². The van der Waals surface area contributed by atoms with Gasteiger partial charge in [-0.25, -0.2) is 0 Å².